The van der Waals surface area contributed by atoms with E-state index in [9.17, 15) is 0 Å². The molecule has 0 aliphatic carbocycles. The maximum Gasteiger partial charge on any atom is 0 e. The summed E-state index contributed by atoms with van der Waals surface area (Å²) in [4.78, 5) is 0. The van der Waals surface area contributed by atoms with E-state index in [-0.39, 0.29) is 2430 Å². The minimum Gasteiger partial charge on any atom is -0.358 e. The predicted molar refractivity (Wildman–Crippen MR) is 6.41 cm³/mol. The molecule has 74 radical (unpaired) electrons. The first-order valence-electron chi connectivity index (χ1n) is 0. The molecule has 0 unspecified atom stereocenters. The molecule has 230 valence electrons. The Morgan fingerprint density at radius 3 is 0.0267 bits per heavy atom. The molecular formula is CH3Y74-. The Labute approximate surface area is 2330 Å². The maximum absolute atomic E-state index is 0. The molecule has 0 rings (SSSR count). The van der Waals surface area contributed by atoms with Crippen molar-refractivity contribution in [1.29, 1.82) is 0 Å². The zero-order chi connectivity index (χ0) is 0. The first kappa shape index (κ1) is 569. The number of hydrogen-bond donors (Lipinski definition) is 0. The van der Waals surface area contributed by atoms with Gasteiger partial charge in [0.2, 0.25) is 0 Å². The minimum atomic E-state index is 0. The largest absolute Gasteiger partial charge is 0.358 e. The van der Waals surface area contributed by atoms with E-state index in [4.69, 9.17) is 0 Å². The average molecular weight is 6590 g/mol. The zero-order valence-electron chi connectivity index (χ0n) is 43.7. The van der Waals surface area contributed by atoms with Gasteiger partial charge in [0, 0.05) is 2420 Å². The van der Waals surface area contributed by atoms with Crippen molar-refractivity contribution in [2.75, 3.05) is 0 Å². The van der Waals surface area contributed by atoms with E-state index in [1.807, 2.05) is 0 Å². The second-order valence-corrected chi connectivity index (χ2v) is 0. The molecule has 0 atom stereocenters. The smallest absolute Gasteiger partial charge is 0 e. The van der Waals surface area contributed by atoms with Gasteiger partial charge in [0.1, 0.15) is 0 Å². The van der Waals surface area contributed by atoms with E-state index < -0.39 is 0 Å². The van der Waals surface area contributed by atoms with E-state index >= 15 is 0 Å². The quantitative estimate of drug-likeness (QED) is 0.306. The van der Waals surface area contributed by atoms with Crippen molar-refractivity contribution in [3.8, 4) is 0 Å². The summed E-state index contributed by atoms with van der Waals surface area (Å²) in [5.74, 6) is 0. The molecule has 75 heavy (non-hydrogen) atoms. The van der Waals surface area contributed by atoms with Gasteiger partial charge in [0.05, 0.1) is 0 Å². The predicted octanol–water partition coefficient (Wildman–Crippen LogP) is 0.265. The third kappa shape index (κ3) is 551. The summed E-state index contributed by atoms with van der Waals surface area (Å²) >= 11 is 0. The molecule has 0 amide bonds. The number of rotatable bonds is 0. The van der Waals surface area contributed by atoms with Gasteiger partial charge in [0.25, 0.3) is 0 Å². The molecule has 0 aromatic rings. The van der Waals surface area contributed by atoms with Gasteiger partial charge in [-0.3, -0.25) is 0 Å². The molecule has 0 heterocycles. The number of hydrogen-bond acceptors (Lipinski definition) is 0. The van der Waals surface area contributed by atoms with Crippen LogP contribution in [-0.2, 0) is 2420 Å². The Bertz CT molecular complexity index is 7.66. The Hall–Kier alpha value is 81.7. The maximum atomic E-state index is 0. The summed E-state index contributed by atoms with van der Waals surface area (Å²) in [6.45, 7) is 0. The SMILES string of the molecule is [CH3-].[Y].[Y].[Y].[Y].[Y].[Y].[Y].[Y].[Y].[Y].[Y].[Y].[Y].[Y].[Y].[Y].[Y].[Y].[Y].[Y].[Y].[Y].[Y].[Y].[Y].[Y].[Y].[Y].[Y].[Y].[Y].[Y].[Y].[Y].[Y].[Y].[Y].[Y].[Y].[Y].[Y].[Y].[Y].[Y].[Y].[Y].[Y].[Y].[Y].[Y].[Y].[Y].[Y].[Y].[Y].[Y].[Y].[Y].[Y].[Y].[Y].[Y].[Y].[Y].[Y].[Y].[Y].[Y].[Y].[Y].[Y].[Y].[Y].[Y]. The molecule has 0 aromatic heterocycles. The van der Waals surface area contributed by atoms with E-state index in [1.165, 1.54) is 0 Å². The molecule has 0 saturated carbocycles. The first-order valence-corrected chi connectivity index (χ1v) is 0. The van der Waals surface area contributed by atoms with Crippen molar-refractivity contribution in [1.82, 2.24) is 0 Å². The average Bonchev–Trinajstić information content (AvgIpc) is 0. The third-order valence-electron chi connectivity index (χ3n) is 0. The van der Waals surface area contributed by atoms with Crippen molar-refractivity contribution < 1.29 is 2420 Å². The van der Waals surface area contributed by atoms with Crippen molar-refractivity contribution >= 4 is 0 Å². The molecule has 0 bridgehead atoms. The van der Waals surface area contributed by atoms with Gasteiger partial charge in [-0.15, -0.1) is 0 Å². The van der Waals surface area contributed by atoms with E-state index in [1.54, 1.807) is 0 Å². The van der Waals surface area contributed by atoms with Crippen LogP contribution in [0.5, 0.6) is 0 Å². The summed E-state index contributed by atoms with van der Waals surface area (Å²) in [5, 5.41) is 0. The molecule has 0 aliphatic heterocycles. The zero-order valence-corrected chi connectivity index (χ0v) is 254. The van der Waals surface area contributed by atoms with Crippen LogP contribution >= 0.6 is 0 Å². The molecule has 0 nitrogen and oxygen atoms in total. The molecule has 0 spiro atoms. The van der Waals surface area contributed by atoms with Gasteiger partial charge in [-0.2, -0.15) is 0 Å². The molecule has 0 saturated heterocycles. The standard InChI is InChI=1S/CH3.74Y/h1H3;;;;;;;;;;;;;;;;;;;;;;;;;;;;;;;;;;;;;;;;;;;;;;;;;;;;;;;;;;;;;;;;;;;;;;;;;;/q-1;;;;;;;;;;;;;;;;;;;;;;;;;;;;;;;;;;;;;;;;;;;;;;;;;;;;;;;;;;;;;;;;;;;;;;;;;;. The van der Waals surface area contributed by atoms with E-state index in [2.05, 4.69) is 0 Å². The van der Waals surface area contributed by atoms with Crippen LogP contribution in [0.3, 0.4) is 0 Å². The van der Waals surface area contributed by atoms with Crippen LogP contribution in [0.25, 0.3) is 0 Å². The summed E-state index contributed by atoms with van der Waals surface area (Å²) < 4.78 is 0. The first-order chi connectivity index (χ1) is 0. The van der Waals surface area contributed by atoms with Crippen molar-refractivity contribution in [3.05, 3.63) is 7.43 Å². The van der Waals surface area contributed by atoms with Crippen molar-refractivity contribution in [2.24, 2.45) is 0 Å². The molecular weight excluding hydrogens is 6590 g/mol. The van der Waals surface area contributed by atoms with Crippen molar-refractivity contribution in [2.45, 2.75) is 0 Å². The Morgan fingerprint density at radius 1 is 0.0267 bits per heavy atom. The van der Waals surface area contributed by atoms with Crippen LogP contribution in [0.1, 0.15) is 0 Å². The molecule has 0 aliphatic rings. The van der Waals surface area contributed by atoms with Crippen LogP contribution in [0.4, 0.5) is 0 Å². The minimum absolute atomic E-state index is 0. The fraction of sp³-hybridized carbons (Fsp3) is 0. The monoisotopic (exact) mass is 6590 g/mol. The third-order valence-corrected chi connectivity index (χ3v) is 0. The van der Waals surface area contributed by atoms with Crippen LogP contribution in [0, 0.1) is 7.43 Å². The summed E-state index contributed by atoms with van der Waals surface area (Å²) in [7, 11) is 0. The summed E-state index contributed by atoms with van der Waals surface area (Å²) in [5.41, 5.74) is 0. The Morgan fingerprint density at radius 2 is 0.0267 bits per heavy atom. The molecule has 0 N–H and O–H groups in total. The van der Waals surface area contributed by atoms with Gasteiger partial charge in [-0.1, -0.05) is 0 Å². The van der Waals surface area contributed by atoms with Gasteiger partial charge < -0.3 is 7.43 Å². The van der Waals surface area contributed by atoms with Gasteiger partial charge in [0.15, 0.2) is 0 Å². The molecule has 0 aromatic carbocycles. The van der Waals surface area contributed by atoms with Crippen LogP contribution in [0.2, 0.25) is 0 Å². The van der Waals surface area contributed by atoms with Crippen molar-refractivity contribution in [3.63, 3.8) is 0 Å². The molecule has 0 fully saturated rings. The van der Waals surface area contributed by atoms with Gasteiger partial charge >= 0.3 is 0 Å². The summed E-state index contributed by atoms with van der Waals surface area (Å²) in [6, 6.07) is 0. The van der Waals surface area contributed by atoms with Gasteiger partial charge in [-0.05, 0) is 0 Å². The Balaban J connectivity index is 0. The van der Waals surface area contributed by atoms with Crippen LogP contribution < -0.4 is 0 Å². The second kappa shape index (κ2) is 558. The molecule has 74 heteroatoms. The van der Waals surface area contributed by atoms with Crippen LogP contribution in [0.15, 0.2) is 0 Å². The second-order valence-electron chi connectivity index (χ2n) is 0. The fourth-order valence-electron chi connectivity index (χ4n) is 0. The van der Waals surface area contributed by atoms with Gasteiger partial charge in [-0.25, -0.2) is 0 Å². The summed E-state index contributed by atoms with van der Waals surface area (Å²) in [6.07, 6.45) is 0. The topological polar surface area (TPSA) is 0 Å². The fourth-order valence-corrected chi connectivity index (χ4v) is 0. The van der Waals surface area contributed by atoms with E-state index in [0.29, 0.717) is 0 Å². The van der Waals surface area contributed by atoms with E-state index in [0.717, 1.165) is 0 Å². The van der Waals surface area contributed by atoms with Crippen LogP contribution in [-0.4, -0.2) is 0 Å². The normalized spacial score (nSPS) is 0. The Kier molecular flexibility index (Phi) is 4240.